The third-order valence-electron chi connectivity index (χ3n) is 4.64. The second-order valence-electron chi connectivity index (χ2n) is 6.63. The van der Waals surface area contributed by atoms with Crippen LogP contribution in [0.2, 0.25) is 0 Å². The van der Waals surface area contributed by atoms with E-state index in [-0.39, 0.29) is 18.1 Å². The van der Waals surface area contributed by atoms with Crippen LogP contribution < -0.4 is 11.0 Å². The van der Waals surface area contributed by atoms with Crippen LogP contribution in [0.25, 0.3) is 11.0 Å². The van der Waals surface area contributed by atoms with E-state index >= 15 is 0 Å². The molecule has 11 heteroatoms. The summed E-state index contributed by atoms with van der Waals surface area (Å²) in [4.78, 5) is 29.5. The molecule has 0 aliphatic heterocycles. The van der Waals surface area contributed by atoms with Crippen molar-refractivity contribution in [2.45, 2.75) is 19.5 Å². The van der Waals surface area contributed by atoms with Gasteiger partial charge in [-0.2, -0.15) is 5.10 Å². The number of nitrogens with one attached hydrogen (secondary N) is 2. The monoisotopic (exact) mass is 441 g/mol. The van der Waals surface area contributed by atoms with Crippen molar-refractivity contribution >= 4 is 45.6 Å². The molecule has 0 saturated carbocycles. The van der Waals surface area contributed by atoms with Crippen LogP contribution in [0.3, 0.4) is 0 Å². The van der Waals surface area contributed by atoms with Gasteiger partial charge in [0.2, 0.25) is 5.91 Å². The minimum Gasteiger partial charge on any atom is -0.300 e. The Morgan fingerprint density at radius 3 is 2.87 bits per heavy atom. The first kappa shape index (κ1) is 20.0. The molecule has 30 heavy (non-hydrogen) atoms. The number of nitrogens with zero attached hydrogens (tertiary/aromatic N) is 5. The number of H-pyrrole nitrogens is 1. The lowest BCUT2D eigenvalue weighted by Gasteiger charge is -2.04. The summed E-state index contributed by atoms with van der Waals surface area (Å²) in [6.07, 6.45) is 2.22. The average Bonchev–Trinajstić information content (AvgIpc) is 3.38. The Bertz CT molecular complexity index is 1360. The summed E-state index contributed by atoms with van der Waals surface area (Å²) in [5, 5.41) is 12.1. The SMILES string of the molecule is C=CCn1c(Cc2csc(NC(=O)Cn3c(=O)n(C)c4ccccc43)n2)n[nH]c1=S. The Morgan fingerprint density at radius 1 is 1.33 bits per heavy atom. The van der Waals surface area contributed by atoms with Crippen LogP contribution in [0, 0.1) is 4.77 Å². The van der Waals surface area contributed by atoms with Gasteiger partial charge in [0.1, 0.15) is 12.4 Å². The zero-order valence-corrected chi connectivity index (χ0v) is 17.8. The molecule has 3 aromatic heterocycles. The van der Waals surface area contributed by atoms with Crippen LogP contribution >= 0.6 is 23.6 Å². The number of hydrogen-bond acceptors (Lipinski definition) is 6. The highest BCUT2D eigenvalue weighted by Crippen LogP contribution is 2.18. The number of para-hydroxylation sites is 2. The highest BCUT2D eigenvalue weighted by molar-refractivity contribution is 7.71. The van der Waals surface area contributed by atoms with Crippen molar-refractivity contribution in [1.29, 1.82) is 0 Å². The summed E-state index contributed by atoms with van der Waals surface area (Å²) in [5.41, 5.74) is 2.01. The summed E-state index contributed by atoms with van der Waals surface area (Å²) < 4.78 is 5.34. The molecule has 0 fully saturated rings. The van der Waals surface area contributed by atoms with Crippen LogP contribution in [0.1, 0.15) is 11.5 Å². The highest BCUT2D eigenvalue weighted by atomic mass is 32.1. The van der Waals surface area contributed by atoms with Crippen molar-refractivity contribution in [2.24, 2.45) is 7.05 Å². The molecule has 0 bridgehead atoms. The Balaban J connectivity index is 1.48. The molecule has 2 N–H and O–H groups in total. The Kier molecular flexibility index (Phi) is 5.46. The van der Waals surface area contributed by atoms with Gasteiger partial charge < -0.3 is 5.32 Å². The normalized spacial score (nSPS) is 11.1. The molecule has 0 aliphatic rings. The smallest absolute Gasteiger partial charge is 0.300 e. The summed E-state index contributed by atoms with van der Waals surface area (Å²) in [5.74, 6) is 0.425. The van der Waals surface area contributed by atoms with E-state index in [4.69, 9.17) is 12.2 Å². The number of amides is 1. The van der Waals surface area contributed by atoms with Crippen molar-refractivity contribution in [3.05, 3.63) is 69.1 Å². The van der Waals surface area contributed by atoms with Crippen molar-refractivity contribution in [3.8, 4) is 0 Å². The number of allylic oxidation sites excluding steroid dienone is 1. The van der Waals surface area contributed by atoms with Gasteiger partial charge in [0.05, 0.1) is 23.1 Å². The molecule has 0 atom stereocenters. The molecule has 0 radical (unpaired) electrons. The number of aromatic amines is 1. The second-order valence-corrected chi connectivity index (χ2v) is 7.87. The molecule has 0 aliphatic carbocycles. The molecule has 4 rings (SSSR count). The lowest BCUT2D eigenvalue weighted by atomic mass is 10.3. The molecule has 1 amide bonds. The van der Waals surface area contributed by atoms with Crippen molar-refractivity contribution < 1.29 is 4.79 Å². The third kappa shape index (κ3) is 3.76. The summed E-state index contributed by atoms with van der Waals surface area (Å²) in [6.45, 7) is 4.19. The van der Waals surface area contributed by atoms with Gasteiger partial charge in [0.15, 0.2) is 9.90 Å². The standard InChI is InChI=1S/C19H19N7O2S2/c1-3-8-25-15(22-23-18(25)29)9-12-11-30-17(20-12)21-16(27)10-26-14-7-5-4-6-13(14)24(2)19(26)28/h3-7,11H,1,8-10H2,2H3,(H,23,29)(H,20,21,27). The zero-order chi connectivity index (χ0) is 21.3. The summed E-state index contributed by atoms with van der Waals surface area (Å²) in [6, 6.07) is 7.36. The molecular weight excluding hydrogens is 422 g/mol. The molecule has 0 spiro atoms. The molecule has 9 nitrogen and oxygen atoms in total. The summed E-state index contributed by atoms with van der Waals surface area (Å²) in [7, 11) is 1.69. The van der Waals surface area contributed by atoms with Gasteiger partial charge in [-0.05, 0) is 24.4 Å². The number of anilines is 1. The predicted octanol–water partition coefficient (Wildman–Crippen LogP) is 2.47. The minimum atomic E-state index is -0.316. The topological polar surface area (TPSA) is 103 Å². The second kappa shape index (κ2) is 8.20. The quantitative estimate of drug-likeness (QED) is 0.339. The third-order valence-corrected chi connectivity index (χ3v) is 5.76. The number of aromatic nitrogens is 6. The maximum atomic E-state index is 12.5. The molecule has 3 heterocycles. The van der Waals surface area contributed by atoms with Crippen LogP contribution in [0.15, 0.2) is 47.1 Å². The molecule has 4 aromatic rings. The first-order valence-electron chi connectivity index (χ1n) is 9.11. The fourth-order valence-electron chi connectivity index (χ4n) is 3.23. The Morgan fingerprint density at radius 2 is 2.10 bits per heavy atom. The number of benzene rings is 1. The first-order valence-corrected chi connectivity index (χ1v) is 10.4. The van der Waals surface area contributed by atoms with Gasteiger partial charge in [-0.15, -0.1) is 17.9 Å². The van der Waals surface area contributed by atoms with Crippen LogP contribution in [-0.4, -0.2) is 34.8 Å². The van der Waals surface area contributed by atoms with E-state index in [2.05, 4.69) is 27.1 Å². The van der Waals surface area contributed by atoms with Crippen molar-refractivity contribution in [1.82, 2.24) is 28.9 Å². The Hall–Kier alpha value is -3.31. The number of carbonyl (C=O) groups is 1. The van der Waals surface area contributed by atoms with Crippen LogP contribution in [0.5, 0.6) is 0 Å². The predicted molar refractivity (Wildman–Crippen MR) is 118 cm³/mol. The van der Waals surface area contributed by atoms with Crippen molar-refractivity contribution in [3.63, 3.8) is 0 Å². The van der Waals surface area contributed by atoms with E-state index in [1.807, 2.05) is 34.2 Å². The molecule has 154 valence electrons. The maximum absolute atomic E-state index is 12.5. The number of imidazole rings is 1. The highest BCUT2D eigenvalue weighted by Gasteiger charge is 2.15. The number of rotatable bonds is 7. The van der Waals surface area contributed by atoms with Gasteiger partial charge in [0, 0.05) is 19.0 Å². The van der Waals surface area contributed by atoms with Gasteiger partial charge in [-0.1, -0.05) is 18.2 Å². The number of aryl methyl sites for hydroxylation is 1. The van der Waals surface area contributed by atoms with E-state index in [0.717, 1.165) is 17.0 Å². The van der Waals surface area contributed by atoms with Crippen molar-refractivity contribution in [2.75, 3.05) is 5.32 Å². The van der Waals surface area contributed by atoms with E-state index in [0.29, 0.717) is 28.4 Å². The fraction of sp³-hybridized carbons (Fsp3) is 0.211. The van der Waals surface area contributed by atoms with Crippen LogP contribution in [0.4, 0.5) is 5.13 Å². The lowest BCUT2D eigenvalue weighted by molar-refractivity contribution is -0.116. The lowest BCUT2D eigenvalue weighted by Crippen LogP contribution is -2.28. The molecule has 1 aromatic carbocycles. The van der Waals surface area contributed by atoms with Gasteiger partial charge in [-0.25, -0.2) is 9.78 Å². The number of fused-ring (bicyclic) bond motifs is 1. The van der Waals surface area contributed by atoms with E-state index in [1.165, 1.54) is 20.5 Å². The molecule has 0 unspecified atom stereocenters. The molecule has 0 saturated heterocycles. The maximum Gasteiger partial charge on any atom is 0.329 e. The van der Waals surface area contributed by atoms with E-state index in [9.17, 15) is 9.59 Å². The first-order chi connectivity index (χ1) is 14.5. The zero-order valence-electron chi connectivity index (χ0n) is 16.2. The average molecular weight is 442 g/mol. The Labute approximate surface area is 180 Å². The van der Waals surface area contributed by atoms with Gasteiger partial charge >= 0.3 is 5.69 Å². The van der Waals surface area contributed by atoms with Gasteiger partial charge in [0.25, 0.3) is 0 Å². The van der Waals surface area contributed by atoms with E-state index in [1.54, 1.807) is 13.1 Å². The van der Waals surface area contributed by atoms with E-state index < -0.39 is 0 Å². The number of thiazole rings is 1. The number of hydrogen-bond donors (Lipinski definition) is 2. The van der Waals surface area contributed by atoms with Crippen LogP contribution in [-0.2, 0) is 31.4 Å². The minimum absolute atomic E-state index is 0.0902. The molecular formula is C19H19N7O2S2. The van der Waals surface area contributed by atoms with Gasteiger partial charge in [-0.3, -0.25) is 23.6 Å². The fourth-order valence-corrected chi connectivity index (χ4v) is 4.18. The number of carbonyl (C=O) groups excluding carboxylic acids is 1. The largest absolute Gasteiger partial charge is 0.329 e. The summed E-state index contributed by atoms with van der Waals surface area (Å²) >= 11 is 6.54.